The third-order valence-electron chi connectivity index (χ3n) is 4.35. The van der Waals surface area contributed by atoms with Gasteiger partial charge in [0.2, 0.25) is 0 Å². The van der Waals surface area contributed by atoms with Crippen molar-refractivity contribution in [3.05, 3.63) is 53.9 Å². The topological polar surface area (TPSA) is 37.3 Å². The van der Waals surface area contributed by atoms with Crippen molar-refractivity contribution in [3.63, 3.8) is 0 Å². The van der Waals surface area contributed by atoms with Gasteiger partial charge in [-0.05, 0) is 37.1 Å². The standard InChI is InChI=1S/C18H23N3O/c1-13(2)17-16-10-9-14(3)20(16)11-12-21(17)18(22)19-15-7-5-4-6-8-15/h4-10,13,17H,11-12H2,1-3H3,(H,19,22). The largest absolute Gasteiger partial charge is 0.345 e. The van der Waals surface area contributed by atoms with E-state index >= 15 is 0 Å². The summed E-state index contributed by atoms with van der Waals surface area (Å²) in [5, 5.41) is 3.01. The molecule has 0 saturated carbocycles. The first-order valence-corrected chi connectivity index (χ1v) is 7.86. The normalized spacial score (nSPS) is 17.5. The number of hydrogen-bond acceptors (Lipinski definition) is 1. The number of anilines is 1. The first-order valence-electron chi connectivity index (χ1n) is 7.86. The molecule has 0 bridgehead atoms. The molecule has 0 radical (unpaired) electrons. The molecule has 4 heteroatoms. The minimum absolute atomic E-state index is 0.0185. The third kappa shape index (κ3) is 2.61. The van der Waals surface area contributed by atoms with E-state index in [1.165, 1.54) is 11.4 Å². The highest BCUT2D eigenvalue weighted by atomic mass is 16.2. The van der Waals surface area contributed by atoms with Gasteiger partial charge in [-0.15, -0.1) is 0 Å². The van der Waals surface area contributed by atoms with E-state index in [1.54, 1.807) is 0 Å². The fraction of sp³-hybridized carbons (Fsp3) is 0.389. The number of nitrogens with one attached hydrogen (secondary N) is 1. The van der Waals surface area contributed by atoms with Gasteiger partial charge >= 0.3 is 6.03 Å². The van der Waals surface area contributed by atoms with Gasteiger partial charge in [0.15, 0.2) is 0 Å². The van der Waals surface area contributed by atoms with Crippen LogP contribution in [-0.4, -0.2) is 22.0 Å². The molecule has 1 aliphatic rings. The van der Waals surface area contributed by atoms with E-state index < -0.39 is 0 Å². The van der Waals surface area contributed by atoms with Gasteiger partial charge in [-0.1, -0.05) is 32.0 Å². The van der Waals surface area contributed by atoms with Crippen molar-refractivity contribution >= 4 is 11.7 Å². The molecule has 0 spiro atoms. The van der Waals surface area contributed by atoms with E-state index in [1.807, 2.05) is 35.2 Å². The van der Waals surface area contributed by atoms with Gasteiger partial charge in [0.25, 0.3) is 0 Å². The second-order valence-corrected chi connectivity index (χ2v) is 6.23. The molecule has 2 heterocycles. The second kappa shape index (κ2) is 5.87. The maximum atomic E-state index is 12.7. The van der Waals surface area contributed by atoms with Gasteiger partial charge in [-0.2, -0.15) is 0 Å². The molecule has 1 aromatic carbocycles. The van der Waals surface area contributed by atoms with Crippen LogP contribution in [-0.2, 0) is 6.54 Å². The molecule has 0 aliphatic carbocycles. The van der Waals surface area contributed by atoms with Gasteiger partial charge in [0.1, 0.15) is 0 Å². The SMILES string of the molecule is Cc1ccc2n1CCN(C(=O)Nc1ccccc1)C2C(C)C. The number of urea groups is 1. The highest BCUT2D eigenvalue weighted by Gasteiger charge is 2.33. The summed E-state index contributed by atoms with van der Waals surface area (Å²) in [4.78, 5) is 14.7. The lowest BCUT2D eigenvalue weighted by Gasteiger charge is -2.39. The summed E-state index contributed by atoms with van der Waals surface area (Å²) in [5.41, 5.74) is 3.35. The number of amides is 2. The quantitative estimate of drug-likeness (QED) is 0.892. The number of rotatable bonds is 2. The van der Waals surface area contributed by atoms with Crippen LogP contribution in [0.2, 0.25) is 0 Å². The molecule has 22 heavy (non-hydrogen) atoms. The van der Waals surface area contributed by atoms with E-state index in [0.717, 1.165) is 18.8 Å². The Morgan fingerprint density at radius 3 is 2.55 bits per heavy atom. The number of carbonyl (C=O) groups excluding carboxylic acids is 1. The molecule has 2 amide bonds. The molecule has 1 atom stereocenters. The maximum Gasteiger partial charge on any atom is 0.322 e. The molecular formula is C18H23N3O. The highest BCUT2D eigenvalue weighted by molar-refractivity contribution is 5.89. The Bertz CT molecular complexity index is 660. The fourth-order valence-corrected chi connectivity index (χ4v) is 3.31. The van der Waals surface area contributed by atoms with Crippen molar-refractivity contribution < 1.29 is 4.79 Å². The fourth-order valence-electron chi connectivity index (χ4n) is 3.31. The molecule has 3 rings (SSSR count). The van der Waals surface area contributed by atoms with Crippen LogP contribution in [0.15, 0.2) is 42.5 Å². The number of nitrogens with zero attached hydrogens (tertiary/aromatic N) is 2. The van der Waals surface area contributed by atoms with Crippen LogP contribution in [0.5, 0.6) is 0 Å². The first-order chi connectivity index (χ1) is 10.6. The van der Waals surface area contributed by atoms with E-state index in [9.17, 15) is 4.79 Å². The molecule has 2 aromatic rings. The first kappa shape index (κ1) is 14.7. The molecule has 1 aromatic heterocycles. The predicted octanol–water partition coefficient (Wildman–Crippen LogP) is 4.04. The zero-order chi connectivity index (χ0) is 15.7. The number of carbonyl (C=O) groups is 1. The van der Waals surface area contributed by atoms with E-state index in [0.29, 0.717) is 5.92 Å². The van der Waals surface area contributed by atoms with Gasteiger partial charge in [-0.25, -0.2) is 4.79 Å². The van der Waals surface area contributed by atoms with Crippen molar-refractivity contribution in [3.8, 4) is 0 Å². The monoisotopic (exact) mass is 297 g/mol. The minimum Gasteiger partial charge on any atom is -0.345 e. The number of hydrogen-bond donors (Lipinski definition) is 1. The van der Waals surface area contributed by atoms with E-state index in [2.05, 4.69) is 42.8 Å². The Labute approximate surface area is 131 Å². The summed E-state index contributed by atoms with van der Waals surface area (Å²) in [6.07, 6.45) is 0. The Balaban J connectivity index is 1.85. The average Bonchev–Trinajstić information content (AvgIpc) is 2.88. The summed E-state index contributed by atoms with van der Waals surface area (Å²) in [7, 11) is 0. The summed E-state index contributed by atoms with van der Waals surface area (Å²) in [5.74, 6) is 0.370. The zero-order valence-corrected chi connectivity index (χ0v) is 13.4. The molecule has 1 aliphatic heterocycles. The Kier molecular flexibility index (Phi) is 3.92. The summed E-state index contributed by atoms with van der Waals surface area (Å²) in [6, 6.07) is 14.0. The van der Waals surface area contributed by atoms with Crippen molar-refractivity contribution in [2.45, 2.75) is 33.4 Å². The van der Waals surface area contributed by atoms with Crippen LogP contribution in [0.4, 0.5) is 10.5 Å². The van der Waals surface area contributed by atoms with Crippen LogP contribution >= 0.6 is 0 Å². The molecule has 1 unspecified atom stereocenters. The Morgan fingerprint density at radius 2 is 1.86 bits per heavy atom. The number of fused-ring (bicyclic) bond motifs is 1. The number of benzene rings is 1. The van der Waals surface area contributed by atoms with Crippen LogP contribution in [0, 0.1) is 12.8 Å². The van der Waals surface area contributed by atoms with Gasteiger partial charge in [-0.3, -0.25) is 0 Å². The zero-order valence-electron chi connectivity index (χ0n) is 13.4. The van der Waals surface area contributed by atoms with Crippen molar-refractivity contribution in [1.82, 2.24) is 9.47 Å². The summed E-state index contributed by atoms with van der Waals surface area (Å²) in [6.45, 7) is 8.07. The summed E-state index contributed by atoms with van der Waals surface area (Å²) < 4.78 is 2.33. The lowest BCUT2D eigenvalue weighted by Crippen LogP contribution is -2.46. The lowest BCUT2D eigenvalue weighted by molar-refractivity contribution is 0.143. The molecule has 0 saturated heterocycles. The maximum absolute atomic E-state index is 12.7. The predicted molar refractivity (Wildman–Crippen MR) is 88.9 cm³/mol. The molecular weight excluding hydrogens is 274 g/mol. The molecule has 116 valence electrons. The van der Waals surface area contributed by atoms with Crippen molar-refractivity contribution in [1.29, 1.82) is 0 Å². The van der Waals surface area contributed by atoms with Gasteiger partial charge < -0.3 is 14.8 Å². The van der Waals surface area contributed by atoms with Crippen LogP contribution in [0.25, 0.3) is 0 Å². The Hall–Kier alpha value is -2.23. The lowest BCUT2D eigenvalue weighted by atomic mass is 9.97. The molecule has 1 N–H and O–H groups in total. The number of aryl methyl sites for hydroxylation is 1. The molecule has 4 nitrogen and oxygen atoms in total. The third-order valence-corrected chi connectivity index (χ3v) is 4.35. The van der Waals surface area contributed by atoms with Crippen LogP contribution in [0.3, 0.4) is 0 Å². The Morgan fingerprint density at radius 1 is 1.14 bits per heavy atom. The van der Waals surface area contributed by atoms with E-state index in [4.69, 9.17) is 0 Å². The van der Waals surface area contributed by atoms with Crippen LogP contribution < -0.4 is 5.32 Å². The van der Waals surface area contributed by atoms with Gasteiger partial charge in [0.05, 0.1) is 6.04 Å². The second-order valence-electron chi connectivity index (χ2n) is 6.23. The van der Waals surface area contributed by atoms with Gasteiger partial charge in [0, 0.05) is 30.2 Å². The van der Waals surface area contributed by atoms with E-state index in [-0.39, 0.29) is 12.1 Å². The van der Waals surface area contributed by atoms with Crippen molar-refractivity contribution in [2.24, 2.45) is 5.92 Å². The van der Waals surface area contributed by atoms with Crippen molar-refractivity contribution in [2.75, 3.05) is 11.9 Å². The number of para-hydroxylation sites is 1. The number of aromatic nitrogens is 1. The summed E-state index contributed by atoms with van der Waals surface area (Å²) >= 11 is 0. The minimum atomic E-state index is -0.0185. The average molecular weight is 297 g/mol. The molecule has 0 fully saturated rings. The highest BCUT2D eigenvalue weighted by Crippen LogP contribution is 2.33. The smallest absolute Gasteiger partial charge is 0.322 e. The van der Waals surface area contributed by atoms with Crippen LogP contribution in [0.1, 0.15) is 31.3 Å².